The van der Waals surface area contributed by atoms with Crippen molar-refractivity contribution in [3.63, 3.8) is 0 Å². The number of nitrogens with zero attached hydrogens (tertiary/aromatic N) is 12. The van der Waals surface area contributed by atoms with Crippen molar-refractivity contribution in [2.24, 2.45) is 0 Å². The molecule has 0 aliphatic heterocycles. The number of hydrogen-bond acceptors (Lipinski definition) is 9. The largest absolute Gasteiger partial charge is 0.309 e. The van der Waals surface area contributed by atoms with Crippen LogP contribution in [0.1, 0.15) is 52.7 Å². The fourth-order valence-corrected chi connectivity index (χ4v) is 20.2. The summed E-state index contributed by atoms with van der Waals surface area (Å²) in [6.07, 6.45) is 0. The van der Waals surface area contributed by atoms with Crippen LogP contribution in [0.4, 0.5) is 0 Å². The van der Waals surface area contributed by atoms with Crippen molar-refractivity contribution in [2.45, 2.75) is 52.4 Å². The molecule has 6 aromatic heterocycles. The van der Waals surface area contributed by atoms with Gasteiger partial charge in [-0.3, -0.25) is 0 Å². The molecule has 20 aromatic carbocycles. The van der Waals surface area contributed by atoms with Crippen molar-refractivity contribution >= 4 is 65.4 Å². The minimum Gasteiger partial charge on any atom is -0.309 e. The van der Waals surface area contributed by atoms with Crippen LogP contribution in [0.15, 0.2) is 510 Å². The van der Waals surface area contributed by atoms with E-state index in [1.54, 1.807) is 0 Å². The summed E-state index contributed by atoms with van der Waals surface area (Å²) in [6.45, 7) is 13.7. The third-order valence-corrected chi connectivity index (χ3v) is 27.9. The maximum absolute atomic E-state index is 5.24. The summed E-state index contributed by atoms with van der Waals surface area (Å²) in [6, 6.07) is 178. The Morgan fingerprint density at radius 2 is 0.309 bits per heavy atom. The summed E-state index contributed by atoms with van der Waals surface area (Å²) in [5, 5.41) is 7.26. The van der Waals surface area contributed by atoms with Crippen LogP contribution in [0.3, 0.4) is 0 Å². The summed E-state index contributed by atoms with van der Waals surface area (Å²) in [5.74, 6) is 5.68. The average molecular weight is 1920 g/mol. The van der Waals surface area contributed by atoms with Gasteiger partial charge in [0.05, 0.1) is 50.2 Å². The molecule has 0 aliphatic rings. The third kappa shape index (κ3) is 18.6. The summed E-state index contributed by atoms with van der Waals surface area (Å²) >= 11 is 0. The van der Waals surface area contributed by atoms with Gasteiger partial charge in [-0.2, -0.15) is 0 Å². The van der Waals surface area contributed by atoms with E-state index < -0.39 is 0 Å². The predicted molar refractivity (Wildman–Crippen MR) is 616 cm³/mol. The standard InChI is InChI=1S/C51H34N4.C47H42N4.C39H26N4/c1-6-16-35(17-7-1)40-26-29-46-43(32-40)44-33-41(36-18-8-2-9-19-36)27-30-47(44)55(46)48-31-28-42(37-20-10-3-11-21-37)34-45(48)51-53-49(38-22-12-4-13-23-38)52-50(54-51)39-24-14-5-15-25-39;1-46(2,3)35-23-26-40-37(29-35)38-30-36(47(4,5)6)24-27-41(38)51(40)42-25-22-34(31-16-10-7-11-17-31)28-39(42)45-49-43(32-18-12-8-13-19-32)48-44(50-45)33-20-14-9-15-21-33;1-4-14-27(15-5-1)30-24-25-36(43-34-22-12-10-20-31(34)32-21-11-13-23-35(32)43)33(26-30)39-41-37(28-16-6-2-7-17-28)40-38(42-39)29-18-8-3-9-19-29/h1-34H;7-30H,1-6H3;1-26H. The monoisotopic (exact) mass is 1910 g/mol. The van der Waals surface area contributed by atoms with Crippen molar-refractivity contribution < 1.29 is 0 Å². The maximum atomic E-state index is 5.24. The van der Waals surface area contributed by atoms with E-state index in [0.717, 1.165) is 134 Å². The Morgan fingerprint density at radius 1 is 0.134 bits per heavy atom. The van der Waals surface area contributed by atoms with E-state index >= 15 is 0 Å². The first kappa shape index (κ1) is 92.3. The Balaban J connectivity index is 0.000000120. The van der Waals surface area contributed by atoms with E-state index in [1.807, 2.05) is 140 Å². The summed E-state index contributed by atoms with van der Waals surface area (Å²) in [7, 11) is 0. The lowest BCUT2D eigenvalue weighted by Gasteiger charge is -2.19. The van der Waals surface area contributed by atoms with E-state index in [9.17, 15) is 0 Å². The van der Waals surface area contributed by atoms with Crippen LogP contribution in [0.2, 0.25) is 0 Å². The maximum Gasteiger partial charge on any atom is 0.166 e. The Kier molecular flexibility index (Phi) is 24.7. The zero-order chi connectivity index (χ0) is 100. The van der Waals surface area contributed by atoms with Crippen molar-refractivity contribution in [2.75, 3.05) is 0 Å². The van der Waals surface area contributed by atoms with Crippen LogP contribution in [0.5, 0.6) is 0 Å². The molecule has 0 radical (unpaired) electrons. The van der Waals surface area contributed by atoms with Crippen LogP contribution in [-0.2, 0) is 10.8 Å². The molecule has 26 aromatic rings. The molecular formula is C137H102N12. The molecule has 0 saturated carbocycles. The molecule has 710 valence electrons. The van der Waals surface area contributed by atoms with Crippen LogP contribution < -0.4 is 0 Å². The van der Waals surface area contributed by atoms with Crippen molar-refractivity contribution in [1.29, 1.82) is 0 Å². The zero-order valence-corrected chi connectivity index (χ0v) is 83.4. The van der Waals surface area contributed by atoms with Crippen molar-refractivity contribution in [1.82, 2.24) is 58.6 Å². The van der Waals surface area contributed by atoms with Gasteiger partial charge in [-0.15, -0.1) is 0 Å². The average Bonchev–Trinajstić information content (AvgIpc) is 1.58. The van der Waals surface area contributed by atoms with Crippen molar-refractivity contribution in [3.05, 3.63) is 521 Å². The SMILES string of the molecule is CC(C)(C)c1ccc2c(c1)c1cc(C(C)(C)C)ccc1n2-c1ccc(-c2ccccc2)cc1-c1nc(-c2ccccc2)nc(-c2ccccc2)n1.c1ccc(-c2ccc(-n3c4ccc(-c5ccccc5)cc4c4cc(-c5ccccc5)ccc43)c(-c3nc(-c4ccccc4)nc(-c4ccccc4)n3)c2)cc1.c1ccc(-c2ccc(-n3c4ccccc4c4ccccc43)c(-c3nc(-c4ccccc4)nc(-c4ccccc4)n3)c2)cc1. The molecule has 0 aliphatic carbocycles. The second-order valence-electron chi connectivity index (χ2n) is 39.6. The number of fused-ring (bicyclic) bond motifs is 9. The van der Waals surface area contributed by atoms with Crippen LogP contribution in [0.25, 0.3) is 241 Å². The molecule has 0 saturated heterocycles. The van der Waals surface area contributed by atoms with Gasteiger partial charge in [0, 0.05) is 82.4 Å². The molecule has 149 heavy (non-hydrogen) atoms. The Hall–Kier alpha value is -19.2. The van der Waals surface area contributed by atoms with Gasteiger partial charge in [0.15, 0.2) is 52.4 Å². The lowest BCUT2D eigenvalue weighted by molar-refractivity contribution is 0.590. The van der Waals surface area contributed by atoms with Gasteiger partial charge in [-0.25, -0.2) is 44.9 Å². The highest BCUT2D eigenvalue weighted by Gasteiger charge is 2.29. The lowest BCUT2D eigenvalue weighted by Crippen LogP contribution is -2.10. The topological polar surface area (TPSA) is 131 Å². The van der Waals surface area contributed by atoms with E-state index in [0.29, 0.717) is 52.4 Å². The first-order chi connectivity index (χ1) is 73.1. The van der Waals surface area contributed by atoms with Crippen LogP contribution in [0, 0.1) is 0 Å². The second-order valence-corrected chi connectivity index (χ2v) is 39.6. The van der Waals surface area contributed by atoms with E-state index in [-0.39, 0.29) is 10.8 Å². The van der Waals surface area contributed by atoms with Gasteiger partial charge in [-0.1, -0.05) is 454 Å². The molecule has 0 atom stereocenters. The molecule has 12 nitrogen and oxygen atoms in total. The number of benzene rings is 20. The predicted octanol–water partition coefficient (Wildman–Crippen LogP) is 34.8. The fraction of sp³-hybridized carbons (Fsp3) is 0.0584. The van der Waals surface area contributed by atoms with Crippen LogP contribution >= 0.6 is 0 Å². The van der Waals surface area contributed by atoms with Gasteiger partial charge in [0.2, 0.25) is 0 Å². The van der Waals surface area contributed by atoms with E-state index in [1.165, 1.54) is 65.7 Å². The molecule has 0 N–H and O–H groups in total. The highest BCUT2D eigenvalue weighted by molar-refractivity contribution is 6.14. The Bertz CT molecular complexity index is 9010. The lowest BCUT2D eigenvalue weighted by atomic mass is 9.85. The van der Waals surface area contributed by atoms with Crippen LogP contribution in [-0.4, -0.2) is 58.6 Å². The second kappa shape index (κ2) is 39.9. The smallest absolute Gasteiger partial charge is 0.166 e. The highest BCUT2D eigenvalue weighted by atomic mass is 15.1. The molecule has 6 heterocycles. The quantitative estimate of drug-likeness (QED) is 0.0874. The number of aromatic nitrogens is 12. The van der Waals surface area contributed by atoms with Gasteiger partial charge in [0.1, 0.15) is 0 Å². The Morgan fingerprint density at radius 3 is 0.537 bits per heavy atom. The van der Waals surface area contributed by atoms with E-state index in [4.69, 9.17) is 44.9 Å². The molecular weight excluding hydrogens is 1810 g/mol. The molecule has 0 fully saturated rings. The number of para-hydroxylation sites is 2. The molecule has 0 amide bonds. The molecule has 12 heteroatoms. The van der Waals surface area contributed by atoms with Gasteiger partial charge < -0.3 is 13.7 Å². The number of hydrogen-bond donors (Lipinski definition) is 0. The molecule has 0 spiro atoms. The zero-order valence-electron chi connectivity index (χ0n) is 83.4. The first-order valence-electron chi connectivity index (χ1n) is 50.6. The van der Waals surface area contributed by atoms with Gasteiger partial charge in [0.25, 0.3) is 0 Å². The first-order valence-corrected chi connectivity index (χ1v) is 50.6. The minimum absolute atomic E-state index is 0.0132. The normalized spacial score (nSPS) is 11.6. The molecule has 0 bridgehead atoms. The van der Waals surface area contributed by atoms with Gasteiger partial charge >= 0.3 is 0 Å². The van der Waals surface area contributed by atoms with E-state index in [2.05, 4.69) is 425 Å². The highest BCUT2D eigenvalue weighted by Crippen LogP contribution is 2.47. The summed E-state index contributed by atoms with van der Waals surface area (Å²) in [4.78, 5) is 46.1. The minimum atomic E-state index is 0.0132. The Labute approximate surface area is 866 Å². The third-order valence-electron chi connectivity index (χ3n) is 27.9. The molecule has 0 unspecified atom stereocenters. The van der Waals surface area contributed by atoms with Crippen molar-refractivity contribution in [3.8, 4) is 175 Å². The summed E-state index contributed by atoms with van der Waals surface area (Å²) < 4.78 is 7.12. The number of rotatable bonds is 17. The summed E-state index contributed by atoms with van der Waals surface area (Å²) in [5.41, 5.74) is 32.3. The molecule has 26 rings (SSSR count). The van der Waals surface area contributed by atoms with Gasteiger partial charge in [-0.05, 0) is 175 Å². The fourth-order valence-electron chi connectivity index (χ4n) is 20.2.